The van der Waals surface area contributed by atoms with Gasteiger partial charge in [0.1, 0.15) is 5.41 Å². The molecule has 1 amide bonds. The van der Waals surface area contributed by atoms with Crippen molar-refractivity contribution in [3.05, 3.63) is 76.9 Å². The second-order valence-corrected chi connectivity index (χ2v) is 7.15. The van der Waals surface area contributed by atoms with Gasteiger partial charge in [0, 0.05) is 16.6 Å². The maximum Gasteiger partial charge on any atom is 0.232 e. The number of amides is 1. The van der Waals surface area contributed by atoms with E-state index < -0.39 is 5.41 Å². The predicted octanol–water partition coefficient (Wildman–Crippen LogP) is 3.61. The van der Waals surface area contributed by atoms with Crippen LogP contribution in [-0.2, 0) is 10.2 Å². The molecule has 0 fully saturated rings. The van der Waals surface area contributed by atoms with Gasteiger partial charge in [0.25, 0.3) is 0 Å². The van der Waals surface area contributed by atoms with Gasteiger partial charge in [0.15, 0.2) is 0 Å². The molecule has 1 atom stereocenters. The highest BCUT2D eigenvalue weighted by molar-refractivity contribution is 6.31. The quantitative estimate of drug-likeness (QED) is 0.724. The van der Waals surface area contributed by atoms with Crippen molar-refractivity contribution in [1.29, 1.82) is 0 Å². The highest BCUT2D eigenvalue weighted by atomic mass is 35.5. The molecule has 134 valence electrons. The van der Waals surface area contributed by atoms with E-state index in [1.165, 1.54) is 0 Å². The van der Waals surface area contributed by atoms with Crippen LogP contribution in [0.1, 0.15) is 17.5 Å². The molecule has 0 saturated carbocycles. The zero-order chi connectivity index (χ0) is 18.7. The zero-order valence-electron chi connectivity index (χ0n) is 14.9. The van der Waals surface area contributed by atoms with Crippen LogP contribution in [-0.4, -0.2) is 36.4 Å². The Morgan fingerprint density at radius 3 is 2.54 bits per heavy atom. The Morgan fingerprint density at radius 2 is 1.88 bits per heavy atom. The molecule has 1 heterocycles. The van der Waals surface area contributed by atoms with Gasteiger partial charge in [-0.15, -0.1) is 0 Å². The van der Waals surface area contributed by atoms with Gasteiger partial charge in [0.05, 0.1) is 5.52 Å². The molecule has 1 aromatic heterocycles. The molecule has 0 radical (unpaired) electrons. The van der Waals surface area contributed by atoms with Crippen molar-refractivity contribution in [3.63, 3.8) is 0 Å². The Hall–Kier alpha value is -2.43. The molecule has 0 aliphatic heterocycles. The van der Waals surface area contributed by atoms with Crippen molar-refractivity contribution in [3.8, 4) is 0 Å². The second kappa shape index (κ2) is 7.44. The number of fused-ring (bicyclic) bond motifs is 1. The molecule has 0 spiro atoms. The number of hydrogen-bond acceptors (Lipinski definition) is 3. The Balaban J connectivity index is 2.32. The molecular formula is C21H22ClN3O. The summed E-state index contributed by atoms with van der Waals surface area (Å²) < 4.78 is 0. The second-order valence-electron chi connectivity index (χ2n) is 6.71. The lowest BCUT2D eigenvalue weighted by atomic mass is 9.70. The monoisotopic (exact) mass is 367 g/mol. The van der Waals surface area contributed by atoms with Gasteiger partial charge in [-0.05, 0) is 56.4 Å². The largest absolute Gasteiger partial charge is 0.369 e. The van der Waals surface area contributed by atoms with E-state index >= 15 is 0 Å². The summed E-state index contributed by atoms with van der Waals surface area (Å²) in [7, 11) is 3.97. The fourth-order valence-electron chi connectivity index (χ4n) is 3.44. The summed E-state index contributed by atoms with van der Waals surface area (Å²) in [5.41, 5.74) is 7.59. The van der Waals surface area contributed by atoms with Crippen LogP contribution in [0.25, 0.3) is 10.9 Å². The summed E-state index contributed by atoms with van der Waals surface area (Å²) in [5.74, 6) is -0.368. The fraction of sp³-hybridized carbons (Fsp3) is 0.238. The van der Waals surface area contributed by atoms with Crippen LogP contribution in [0.4, 0.5) is 0 Å². The van der Waals surface area contributed by atoms with E-state index in [1.54, 1.807) is 6.20 Å². The van der Waals surface area contributed by atoms with Crippen LogP contribution in [0.2, 0.25) is 5.02 Å². The molecule has 4 nitrogen and oxygen atoms in total. The molecule has 1 unspecified atom stereocenters. The van der Waals surface area contributed by atoms with Crippen molar-refractivity contribution < 1.29 is 4.79 Å². The summed E-state index contributed by atoms with van der Waals surface area (Å²) in [4.78, 5) is 19.4. The SMILES string of the molecule is CN(C)CCC(C(N)=O)(c1ccccc1)c1ccnc2cc(Cl)ccc12. The van der Waals surface area contributed by atoms with Crippen LogP contribution in [0, 0.1) is 0 Å². The van der Waals surface area contributed by atoms with Crippen LogP contribution < -0.4 is 5.73 Å². The first-order chi connectivity index (χ1) is 12.4. The average molecular weight is 368 g/mol. The number of primary amides is 1. The Morgan fingerprint density at radius 1 is 1.15 bits per heavy atom. The highest BCUT2D eigenvalue weighted by Gasteiger charge is 2.41. The predicted molar refractivity (Wildman–Crippen MR) is 106 cm³/mol. The summed E-state index contributed by atoms with van der Waals surface area (Å²) in [6.07, 6.45) is 2.28. The molecule has 0 bridgehead atoms. The Labute approximate surface area is 158 Å². The Kier molecular flexibility index (Phi) is 5.25. The van der Waals surface area contributed by atoms with Gasteiger partial charge >= 0.3 is 0 Å². The maximum absolute atomic E-state index is 12.9. The maximum atomic E-state index is 12.9. The van der Waals surface area contributed by atoms with E-state index in [-0.39, 0.29) is 5.91 Å². The number of pyridine rings is 1. The average Bonchev–Trinajstić information content (AvgIpc) is 2.62. The smallest absolute Gasteiger partial charge is 0.232 e. The topological polar surface area (TPSA) is 59.2 Å². The molecule has 3 rings (SSSR count). The minimum absolute atomic E-state index is 0.368. The number of carbonyl (C=O) groups is 1. The normalized spacial score (nSPS) is 13.7. The third-order valence-electron chi connectivity index (χ3n) is 4.79. The molecule has 5 heteroatoms. The molecule has 0 aliphatic rings. The van der Waals surface area contributed by atoms with Crippen LogP contribution in [0.15, 0.2) is 60.8 Å². The molecule has 2 aromatic carbocycles. The van der Waals surface area contributed by atoms with Gasteiger partial charge in [-0.3, -0.25) is 9.78 Å². The van der Waals surface area contributed by atoms with Crippen LogP contribution in [0.5, 0.6) is 0 Å². The van der Waals surface area contributed by atoms with E-state index in [4.69, 9.17) is 17.3 Å². The number of halogens is 1. The summed E-state index contributed by atoms with van der Waals surface area (Å²) in [6, 6.07) is 17.2. The van der Waals surface area contributed by atoms with Crippen molar-refractivity contribution in [1.82, 2.24) is 9.88 Å². The first-order valence-electron chi connectivity index (χ1n) is 8.50. The van der Waals surface area contributed by atoms with E-state index in [0.29, 0.717) is 11.4 Å². The lowest BCUT2D eigenvalue weighted by Crippen LogP contribution is -2.44. The van der Waals surface area contributed by atoms with Gasteiger partial charge in [-0.2, -0.15) is 0 Å². The Bertz CT molecular complexity index is 927. The molecule has 26 heavy (non-hydrogen) atoms. The number of benzene rings is 2. The fourth-order valence-corrected chi connectivity index (χ4v) is 3.61. The lowest BCUT2D eigenvalue weighted by molar-refractivity contribution is -0.122. The van der Waals surface area contributed by atoms with Crippen molar-refractivity contribution in [2.75, 3.05) is 20.6 Å². The van der Waals surface area contributed by atoms with Gasteiger partial charge in [0.2, 0.25) is 5.91 Å². The van der Waals surface area contributed by atoms with Gasteiger partial charge in [-0.25, -0.2) is 0 Å². The first kappa shape index (κ1) is 18.4. The number of nitrogens with two attached hydrogens (primary N) is 1. The van der Waals surface area contributed by atoms with Crippen molar-refractivity contribution in [2.24, 2.45) is 5.73 Å². The van der Waals surface area contributed by atoms with E-state index in [2.05, 4.69) is 9.88 Å². The minimum Gasteiger partial charge on any atom is -0.369 e. The molecule has 3 aromatic rings. The van der Waals surface area contributed by atoms with E-state index in [1.807, 2.05) is 68.7 Å². The number of rotatable bonds is 6. The standard InChI is InChI=1S/C21H22ClN3O/c1-25(2)13-11-21(20(23)26,15-6-4-3-5-7-15)18-10-12-24-19-14-16(22)8-9-17(18)19/h3-10,12,14H,11,13H2,1-2H3,(H2,23,26). The van der Waals surface area contributed by atoms with Crippen LogP contribution in [0.3, 0.4) is 0 Å². The zero-order valence-corrected chi connectivity index (χ0v) is 15.7. The number of aromatic nitrogens is 1. The number of carbonyl (C=O) groups excluding carboxylic acids is 1. The molecular weight excluding hydrogens is 346 g/mol. The van der Waals surface area contributed by atoms with E-state index in [9.17, 15) is 4.79 Å². The third kappa shape index (κ3) is 3.30. The highest BCUT2D eigenvalue weighted by Crippen LogP contribution is 2.39. The first-order valence-corrected chi connectivity index (χ1v) is 8.88. The van der Waals surface area contributed by atoms with Gasteiger partial charge in [-0.1, -0.05) is 48.0 Å². The van der Waals surface area contributed by atoms with Crippen LogP contribution >= 0.6 is 11.6 Å². The lowest BCUT2D eigenvalue weighted by Gasteiger charge is -2.34. The summed E-state index contributed by atoms with van der Waals surface area (Å²) in [5, 5.41) is 1.50. The van der Waals surface area contributed by atoms with Gasteiger partial charge < -0.3 is 10.6 Å². The third-order valence-corrected chi connectivity index (χ3v) is 5.02. The minimum atomic E-state index is -0.944. The van der Waals surface area contributed by atoms with E-state index in [0.717, 1.165) is 28.6 Å². The molecule has 2 N–H and O–H groups in total. The molecule has 0 aliphatic carbocycles. The number of hydrogen-bond donors (Lipinski definition) is 1. The number of nitrogens with zero attached hydrogens (tertiary/aromatic N) is 2. The summed E-state index contributed by atoms with van der Waals surface area (Å²) >= 11 is 6.13. The summed E-state index contributed by atoms with van der Waals surface area (Å²) in [6.45, 7) is 0.718. The van der Waals surface area contributed by atoms with Crippen molar-refractivity contribution in [2.45, 2.75) is 11.8 Å². The van der Waals surface area contributed by atoms with Crippen molar-refractivity contribution >= 4 is 28.4 Å². The molecule has 0 saturated heterocycles.